The first kappa shape index (κ1) is 19.8. The topological polar surface area (TPSA) is 69.2 Å². The van der Waals surface area contributed by atoms with Gasteiger partial charge in [-0.2, -0.15) is 4.80 Å². The lowest BCUT2D eigenvalue weighted by Crippen LogP contribution is -2.32. The molecule has 1 unspecified atom stereocenters. The molecule has 3 heterocycles. The minimum Gasteiger partial charge on any atom is -0.468 e. The van der Waals surface area contributed by atoms with Gasteiger partial charge in [-0.3, -0.25) is 4.90 Å². The Kier molecular flexibility index (Phi) is 7.04. The standard InChI is InChI=1S/C22H29N5O2/c1-3-9-19(10-4-1)22-23-25-27(24-22)14-6-2-5-13-26(17-20-11-7-15-28-20)18-21-12-8-16-29-21/h1,3-4,7,9-11,15,21H,2,5-6,8,12-14,16-18H2. The molecular formula is C22H29N5O2. The fourth-order valence-electron chi connectivity index (χ4n) is 3.74. The van der Waals surface area contributed by atoms with Crippen LogP contribution in [0.4, 0.5) is 0 Å². The van der Waals surface area contributed by atoms with Crippen molar-refractivity contribution in [2.45, 2.75) is 51.3 Å². The largest absolute Gasteiger partial charge is 0.468 e. The summed E-state index contributed by atoms with van der Waals surface area (Å²) in [6.07, 6.45) is 7.75. The summed E-state index contributed by atoms with van der Waals surface area (Å²) < 4.78 is 11.4. The minimum atomic E-state index is 0.362. The average molecular weight is 396 g/mol. The summed E-state index contributed by atoms with van der Waals surface area (Å²) in [5.41, 5.74) is 1.00. The molecule has 0 spiro atoms. The van der Waals surface area contributed by atoms with Crippen molar-refractivity contribution < 1.29 is 9.15 Å². The number of tetrazole rings is 1. The first-order chi connectivity index (χ1) is 14.4. The Hall–Kier alpha value is -2.51. The van der Waals surface area contributed by atoms with Crippen LogP contribution in [0.15, 0.2) is 53.1 Å². The van der Waals surface area contributed by atoms with Gasteiger partial charge in [-0.1, -0.05) is 36.8 Å². The number of rotatable bonds is 11. The highest BCUT2D eigenvalue weighted by Gasteiger charge is 2.19. The number of hydrogen-bond donors (Lipinski definition) is 0. The van der Waals surface area contributed by atoms with E-state index in [1.54, 1.807) is 11.1 Å². The third-order valence-electron chi connectivity index (χ3n) is 5.26. The summed E-state index contributed by atoms with van der Waals surface area (Å²) in [7, 11) is 0. The average Bonchev–Trinajstić information content (AvgIpc) is 3.52. The molecule has 7 nitrogen and oxygen atoms in total. The first-order valence-corrected chi connectivity index (χ1v) is 10.6. The second-order valence-corrected chi connectivity index (χ2v) is 7.59. The number of furan rings is 1. The molecule has 1 aromatic carbocycles. The van der Waals surface area contributed by atoms with E-state index in [2.05, 4.69) is 20.3 Å². The fourth-order valence-corrected chi connectivity index (χ4v) is 3.74. The molecule has 7 heteroatoms. The van der Waals surface area contributed by atoms with E-state index in [0.29, 0.717) is 11.9 Å². The molecule has 3 aromatic rings. The van der Waals surface area contributed by atoms with E-state index in [0.717, 1.165) is 69.8 Å². The van der Waals surface area contributed by atoms with Crippen LogP contribution in [0.5, 0.6) is 0 Å². The molecule has 1 fully saturated rings. The Labute approximate surface area is 171 Å². The van der Waals surface area contributed by atoms with Gasteiger partial charge >= 0.3 is 0 Å². The molecule has 0 amide bonds. The second-order valence-electron chi connectivity index (χ2n) is 7.59. The Morgan fingerprint density at radius 2 is 2.00 bits per heavy atom. The molecule has 0 aliphatic carbocycles. The van der Waals surface area contributed by atoms with Crippen molar-refractivity contribution in [3.63, 3.8) is 0 Å². The highest BCUT2D eigenvalue weighted by Crippen LogP contribution is 2.16. The van der Waals surface area contributed by atoms with Crippen LogP contribution >= 0.6 is 0 Å². The zero-order valence-electron chi connectivity index (χ0n) is 16.8. The van der Waals surface area contributed by atoms with Crippen molar-refractivity contribution in [1.82, 2.24) is 25.1 Å². The molecule has 0 saturated carbocycles. The van der Waals surface area contributed by atoms with E-state index in [1.807, 2.05) is 42.5 Å². The molecule has 4 rings (SSSR count). The van der Waals surface area contributed by atoms with Gasteiger partial charge in [0.15, 0.2) is 0 Å². The number of aryl methyl sites for hydroxylation is 1. The summed E-state index contributed by atoms with van der Waals surface area (Å²) in [6.45, 7) is 4.56. The van der Waals surface area contributed by atoms with E-state index < -0.39 is 0 Å². The maximum Gasteiger partial charge on any atom is 0.204 e. The van der Waals surface area contributed by atoms with Gasteiger partial charge in [0.2, 0.25) is 5.82 Å². The van der Waals surface area contributed by atoms with Crippen molar-refractivity contribution >= 4 is 0 Å². The van der Waals surface area contributed by atoms with Crippen LogP contribution in [-0.2, 0) is 17.8 Å². The molecule has 1 aliphatic heterocycles. The Morgan fingerprint density at radius 1 is 1.07 bits per heavy atom. The molecule has 1 saturated heterocycles. The fraction of sp³-hybridized carbons (Fsp3) is 0.500. The molecule has 2 aromatic heterocycles. The van der Waals surface area contributed by atoms with Gasteiger partial charge in [0.05, 0.1) is 25.5 Å². The van der Waals surface area contributed by atoms with Crippen molar-refractivity contribution in [1.29, 1.82) is 0 Å². The molecule has 0 N–H and O–H groups in total. The molecular weight excluding hydrogens is 366 g/mol. The van der Waals surface area contributed by atoms with Crippen LogP contribution in [0.1, 0.15) is 37.9 Å². The Balaban J connectivity index is 1.20. The van der Waals surface area contributed by atoms with Gasteiger partial charge in [-0.05, 0) is 49.6 Å². The molecule has 1 aliphatic rings. The number of ether oxygens (including phenoxy) is 1. The predicted molar refractivity (Wildman–Crippen MR) is 110 cm³/mol. The SMILES string of the molecule is c1ccc(-c2nnn(CCCCCN(Cc3ccco3)CC3CCCO3)n2)cc1. The van der Waals surface area contributed by atoms with Gasteiger partial charge in [-0.25, -0.2) is 0 Å². The lowest BCUT2D eigenvalue weighted by atomic mass is 10.2. The lowest BCUT2D eigenvalue weighted by Gasteiger charge is -2.24. The van der Waals surface area contributed by atoms with Gasteiger partial charge < -0.3 is 9.15 Å². The van der Waals surface area contributed by atoms with E-state index in [4.69, 9.17) is 9.15 Å². The third kappa shape index (κ3) is 5.98. The van der Waals surface area contributed by atoms with Crippen LogP contribution in [0.3, 0.4) is 0 Å². The summed E-state index contributed by atoms with van der Waals surface area (Å²) >= 11 is 0. The summed E-state index contributed by atoms with van der Waals surface area (Å²) in [5, 5.41) is 12.8. The highest BCUT2D eigenvalue weighted by atomic mass is 16.5. The van der Waals surface area contributed by atoms with E-state index in [9.17, 15) is 0 Å². The first-order valence-electron chi connectivity index (χ1n) is 10.6. The number of hydrogen-bond acceptors (Lipinski definition) is 6. The van der Waals surface area contributed by atoms with Crippen LogP contribution in [0.25, 0.3) is 11.4 Å². The monoisotopic (exact) mass is 395 g/mol. The summed E-state index contributed by atoms with van der Waals surface area (Å²) in [6, 6.07) is 14.0. The number of aromatic nitrogens is 4. The van der Waals surface area contributed by atoms with E-state index >= 15 is 0 Å². The Morgan fingerprint density at radius 3 is 2.79 bits per heavy atom. The highest BCUT2D eigenvalue weighted by molar-refractivity contribution is 5.52. The van der Waals surface area contributed by atoms with Gasteiger partial charge in [0, 0.05) is 18.7 Å². The minimum absolute atomic E-state index is 0.362. The summed E-state index contributed by atoms with van der Waals surface area (Å²) in [4.78, 5) is 4.16. The lowest BCUT2D eigenvalue weighted by molar-refractivity contribution is 0.0675. The molecule has 0 radical (unpaired) electrons. The zero-order valence-corrected chi connectivity index (χ0v) is 16.8. The van der Waals surface area contributed by atoms with Gasteiger partial charge in [0.1, 0.15) is 5.76 Å². The summed E-state index contributed by atoms with van der Waals surface area (Å²) in [5.74, 6) is 1.70. The second kappa shape index (κ2) is 10.3. The third-order valence-corrected chi connectivity index (χ3v) is 5.26. The molecule has 29 heavy (non-hydrogen) atoms. The van der Waals surface area contributed by atoms with Crippen molar-refractivity contribution in [2.24, 2.45) is 0 Å². The quantitative estimate of drug-likeness (QED) is 0.460. The maximum atomic E-state index is 5.83. The number of benzene rings is 1. The van der Waals surface area contributed by atoms with E-state index in [1.165, 1.54) is 6.42 Å². The molecule has 154 valence electrons. The Bertz CT molecular complexity index is 828. The number of nitrogens with zero attached hydrogens (tertiary/aromatic N) is 5. The predicted octanol–water partition coefficient (Wildman–Crippen LogP) is 3.78. The normalized spacial score (nSPS) is 16.7. The van der Waals surface area contributed by atoms with Crippen molar-refractivity contribution in [3.8, 4) is 11.4 Å². The van der Waals surface area contributed by atoms with Gasteiger partial charge in [0.25, 0.3) is 0 Å². The molecule has 1 atom stereocenters. The smallest absolute Gasteiger partial charge is 0.204 e. The van der Waals surface area contributed by atoms with Crippen molar-refractivity contribution in [3.05, 3.63) is 54.5 Å². The van der Waals surface area contributed by atoms with Crippen LogP contribution < -0.4 is 0 Å². The van der Waals surface area contributed by atoms with E-state index in [-0.39, 0.29) is 0 Å². The van der Waals surface area contributed by atoms with Crippen molar-refractivity contribution in [2.75, 3.05) is 19.7 Å². The zero-order chi connectivity index (χ0) is 19.7. The van der Waals surface area contributed by atoms with Gasteiger partial charge in [-0.15, -0.1) is 10.2 Å². The maximum absolute atomic E-state index is 5.83. The van der Waals surface area contributed by atoms with Crippen LogP contribution in [0.2, 0.25) is 0 Å². The van der Waals surface area contributed by atoms with Crippen LogP contribution in [-0.4, -0.2) is 50.9 Å². The van der Waals surface area contributed by atoms with Crippen LogP contribution in [0, 0.1) is 0 Å². The molecule has 0 bridgehead atoms. The number of unbranched alkanes of at least 4 members (excludes halogenated alkanes) is 2.